The van der Waals surface area contributed by atoms with E-state index in [1.54, 1.807) is 12.1 Å². The van der Waals surface area contributed by atoms with Gasteiger partial charge in [0, 0.05) is 40.2 Å². The SMILES string of the molecule is COC(=O)c1nsc2cc(N3C4CCC3CC(OCc3c(-c5ccccc5OC(F)(F)F)noc3C3CC3)C4)ccc12. The predicted octanol–water partition coefficient (Wildman–Crippen LogP) is 7.23. The van der Waals surface area contributed by atoms with Crippen molar-refractivity contribution in [3.05, 3.63) is 59.5 Å². The lowest BCUT2D eigenvalue weighted by atomic mass is 9.98. The van der Waals surface area contributed by atoms with Crippen LogP contribution in [0, 0.1) is 0 Å². The van der Waals surface area contributed by atoms with E-state index in [-0.39, 0.29) is 29.9 Å². The highest BCUT2D eigenvalue weighted by Crippen LogP contribution is 2.47. The molecule has 4 heterocycles. The molecule has 12 heteroatoms. The molecule has 8 nitrogen and oxygen atoms in total. The first-order valence-electron chi connectivity index (χ1n) is 14.0. The van der Waals surface area contributed by atoms with Crippen LogP contribution in [0.3, 0.4) is 0 Å². The third kappa shape index (κ3) is 5.11. The van der Waals surface area contributed by atoms with Gasteiger partial charge in [0.25, 0.3) is 0 Å². The Morgan fingerprint density at radius 1 is 1.10 bits per heavy atom. The molecule has 2 aromatic heterocycles. The van der Waals surface area contributed by atoms with Gasteiger partial charge in [-0.3, -0.25) is 0 Å². The van der Waals surface area contributed by atoms with E-state index in [0.717, 1.165) is 54.3 Å². The number of carbonyl (C=O) groups is 1. The Labute approximate surface area is 243 Å². The molecule has 2 bridgehead atoms. The fraction of sp³-hybridized carbons (Fsp3) is 0.433. The molecule has 2 saturated heterocycles. The lowest BCUT2D eigenvalue weighted by molar-refractivity contribution is -0.274. The van der Waals surface area contributed by atoms with Crippen molar-refractivity contribution in [2.45, 2.75) is 75.6 Å². The van der Waals surface area contributed by atoms with Crippen molar-refractivity contribution in [1.29, 1.82) is 0 Å². The molecular weight excluding hydrogens is 571 g/mol. The van der Waals surface area contributed by atoms with E-state index < -0.39 is 12.3 Å². The number of methoxy groups -OCH3 is 1. The van der Waals surface area contributed by atoms with Crippen LogP contribution in [-0.2, 0) is 16.1 Å². The van der Waals surface area contributed by atoms with E-state index in [9.17, 15) is 18.0 Å². The van der Waals surface area contributed by atoms with E-state index in [2.05, 4.69) is 25.2 Å². The van der Waals surface area contributed by atoms with Crippen LogP contribution < -0.4 is 9.64 Å². The number of anilines is 1. The maximum atomic E-state index is 13.1. The molecule has 7 rings (SSSR count). The summed E-state index contributed by atoms with van der Waals surface area (Å²) >= 11 is 1.29. The highest BCUT2D eigenvalue weighted by Gasteiger charge is 2.42. The first-order valence-corrected chi connectivity index (χ1v) is 14.8. The van der Waals surface area contributed by atoms with Gasteiger partial charge in [-0.15, -0.1) is 13.2 Å². The molecule has 1 saturated carbocycles. The Hall–Kier alpha value is -3.64. The summed E-state index contributed by atoms with van der Waals surface area (Å²) in [6.07, 6.45) is 0.839. The quantitative estimate of drug-likeness (QED) is 0.196. The molecule has 0 N–H and O–H groups in total. The van der Waals surface area contributed by atoms with Crippen LogP contribution in [0.4, 0.5) is 18.9 Å². The van der Waals surface area contributed by atoms with E-state index >= 15 is 0 Å². The maximum absolute atomic E-state index is 13.1. The summed E-state index contributed by atoms with van der Waals surface area (Å²) in [6.45, 7) is 0.207. The number of halogens is 3. The third-order valence-electron chi connectivity index (χ3n) is 8.42. The summed E-state index contributed by atoms with van der Waals surface area (Å²) in [4.78, 5) is 14.5. The normalized spacial score (nSPS) is 22.1. The third-order valence-corrected chi connectivity index (χ3v) is 9.23. The van der Waals surface area contributed by atoms with Crippen molar-refractivity contribution in [3.63, 3.8) is 0 Å². The topological polar surface area (TPSA) is 86.9 Å². The van der Waals surface area contributed by atoms with Crippen molar-refractivity contribution in [1.82, 2.24) is 9.53 Å². The summed E-state index contributed by atoms with van der Waals surface area (Å²) in [5, 5.41) is 4.99. The molecule has 0 spiro atoms. The molecule has 4 aromatic rings. The Morgan fingerprint density at radius 3 is 2.57 bits per heavy atom. The second-order valence-corrected chi connectivity index (χ2v) is 11.9. The molecule has 3 aliphatic rings. The summed E-state index contributed by atoms with van der Waals surface area (Å²) in [6, 6.07) is 12.7. The van der Waals surface area contributed by atoms with Crippen molar-refractivity contribution in [2.24, 2.45) is 0 Å². The molecular formula is C30H28F3N3O5S. The van der Waals surface area contributed by atoms with Gasteiger partial charge in [-0.2, -0.15) is 4.37 Å². The number of benzene rings is 2. The van der Waals surface area contributed by atoms with Gasteiger partial charge in [0.15, 0.2) is 5.69 Å². The Morgan fingerprint density at radius 2 is 1.86 bits per heavy atom. The predicted molar refractivity (Wildman–Crippen MR) is 149 cm³/mol. The van der Waals surface area contributed by atoms with Crippen molar-refractivity contribution in [2.75, 3.05) is 12.0 Å². The van der Waals surface area contributed by atoms with Gasteiger partial charge in [0.05, 0.1) is 24.5 Å². The lowest BCUT2D eigenvalue weighted by Gasteiger charge is -2.40. The second kappa shape index (κ2) is 10.6. The molecule has 0 amide bonds. The van der Waals surface area contributed by atoms with Crippen LogP contribution >= 0.6 is 11.5 Å². The first kappa shape index (κ1) is 27.2. The van der Waals surface area contributed by atoms with E-state index in [1.807, 2.05) is 12.1 Å². The fourth-order valence-electron chi connectivity index (χ4n) is 6.43. The Bertz CT molecular complexity index is 1620. The van der Waals surface area contributed by atoms with Crippen LogP contribution in [0.2, 0.25) is 0 Å². The number of hydrogen-bond donors (Lipinski definition) is 0. The number of carbonyl (C=O) groups excluding carboxylic acids is 1. The standard InChI is InChI=1S/C30H28F3N3O5S/c1-38-29(37)27-22-11-10-19(14-25(22)42-35-27)36-17-8-9-18(36)13-20(12-17)39-15-23-26(34-41-28(23)16-6-7-16)21-4-2-3-5-24(21)40-30(31,32)33/h2-5,10-11,14,16-18,20H,6-9,12-13,15H2,1H3. The first-order chi connectivity index (χ1) is 20.3. The number of rotatable bonds is 8. The monoisotopic (exact) mass is 599 g/mol. The Balaban J connectivity index is 1.09. The zero-order chi connectivity index (χ0) is 29.0. The zero-order valence-electron chi connectivity index (χ0n) is 22.7. The summed E-state index contributed by atoms with van der Waals surface area (Å²) < 4.78 is 65.9. The molecule has 2 unspecified atom stereocenters. The van der Waals surface area contributed by atoms with Gasteiger partial charge in [-0.1, -0.05) is 17.3 Å². The average molecular weight is 600 g/mol. The number of hydrogen-bond acceptors (Lipinski definition) is 9. The van der Waals surface area contributed by atoms with Crippen LogP contribution in [-0.4, -0.2) is 47.2 Å². The minimum Gasteiger partial charge on any atom is -0.464 e. The van der Waals surface area contributed by atoms with E-state index in [4.69, 9.17) is 14.0 Å². The number of piperidine rings is 1. The molecule has 0 radical (unpaired) electrons. The van der Waals surface area contributed by atoms with Gasteiger partial charge < -0.3 is 23.6 Å². The number of aromatic nitrogens is 2. The fourth-order valence-corrected chi connectivity index (χ4v) is 7.23. The summed E-state index contributed by atoms with van der Waals surface area (Å²) in [7, 11) is 1.35. The largest absolute Gasteiger partial charge is 0.573 e. The highest BCUT2D eigenvalue weighted by molar-refractivity contribution is 7.13. The minimum atomic E-state index is -4.82. The average Bonchev–Trinajstić information content (AvgIpc) is 3.49. The zero-order valence-corrected chi connectivity index (χ0v) is 23.5. The van der Waals surface area contributed by atoms with Gasteiger partial charge >= 0.3 is 12.3 Å². The van der Waals surface area contributed by atoms with Crippen molar-refractivity contribution in [3.8, 4) is 17.0 Å². The molecule has 42 heavy (non-hydrogen) atoms. The lowest BCUT2D eigenvalue weighted by Crippen LogP contribution is -2.45. The van der Waals surface area contributed by atoms with E-state index in [0.29, 0.717) is 34.8 Å². The Kier molecular flexibility index (Phi) is 6.85. The molecule has 3 fully saturated rings. The van der Waals surface area contributed by atoms with Gasteiger partial charge in [-0.05, 0) is 80.4 Å². The summed E-state index contributed by atoms with van der Waals surface area (Å²) in [5.41, 5.74) is 2.70. The number of esters is 1. The minimum absolute atomic E-state index is 0.00622. The van der Waals surface area contributed by atoms with Crippen LogP contribution in [0.15, 0.2) is 47.0 Å². The van der Waals surface area contributed by atoms with Crippen LogP contribution in [0.5, 0.6) is 5.75 Å². The highest BCUT2D eigenvalue weighted by atomic mass is 32.1. The van der Waals surface area contributed by atoms with E-state index in [1.165, 1.54) is 30.8 Å². The van der Waals surface area contributed by atoms with Gasteiger partial charge in [0.1, 0.15) is 17.2 Å². The number of nitrogens with zero attached hydrogens (tertiary/aromatic N) is 3. The van der Waals surface area contributed by atoms with Crippen molar-refractivity contribution >= 4 is 33.3 Å². The number of alkyl halides is 3. The van der Waals surface area contributed by atoms with Crippen LogP contribution in [0.1, 0.15) is 66.3 Å². The smallest absolute Gasteiger partial charge is 0.464 e. The summed E-state index contributed by atoms with van der Waals surface area (Å²) in [5.74, 6) is 0.144. The molecule has 220 valence electrons. The number of ether oxygens (including phenoxy) is 3. The maximum Gasteiger partial charge on any atom is 0.573 e. The second-order valence-electron chi connectivity index (χ2n) is 11.1. The van der Waals surface area contributed by atoms with Crippen molar-refractivity contribution < 1.29 is 36.7 Å². The van der Waals surface area contributed by atoms with Gasteiger partial charge in [0.2, 0.25) is 0 Å². The number of para-hydroxylation sites is 1. The van der Waals surface area contributed by atoms with Crippen LogP contribution in [0.25, 0.3) is 21.3 Å². The van der Waals surface area contributed by atoms with Gasteiger partial charge in [-0.25, -0.2) is 4.79 Å². The molecule has 2 atom stereocenters. The molecule has 2 aliphatic heterocycles. The number of fused-ring (bicyclic) bond motifs is 3. The molecule has 2 aromatic carbocycles. The molecule has 1 aliphatic carbocycles.